The molecular formula is C18H14F9N3. The van der Waals surface area contributed by atoms with Crippen LogP contribution in [0.2, 0.25) is 0 Å². The number of hydrogen-bond donors (Lipinski definition) is 1. The molecular weight excluding hydrogens is 429 g/mol. The first-order chi connectivity index (χ1) is 13.6. The van der Waals surface area contributed by atoms with Crippen molar-refractivity contribution in [3.63, 3.8) is 0 Å². The average molecular weight is 443 g/mol. The Balaban J connectivity index is 2.86. The zero-order chi connectivity index (χ0) is 23.3. The maximum atomic E-state index is 13.8. The van der Waals surface area contributed by atoms with Crippen LogP contribution in [-0.4, -0.2) is 12.4 Å². The fourth-order valence-corrected chi connectivity index (χ4v) is 3.63. The van der Waals surface area contributed by atoms with Gasteiger partial charge < -0.3 is 10.6 Å². The third-order valence-electron chi connectivity index (χ3n) is 5.00. The lowest BCUT2D eigenvalue weighted by Crippen LogP contribution is -2.60. The minimum absolute atomic E-state index is 0.230. The van der Waals surface area contributed by atoms with Crippen molar-refractivity contribution in [2.45, 2.75) is 32.4 Å². The zero-order valence-electron chi connectivity index (χ0n) is 15.3. The normalized spacial score (nSPS) is 21.7. The van der Waals surface area contributed by atoms with E-state index >= 15 is 0 Å². The third-order valence-corrected chi connectivity index (χ3v) is 5.00. The second kappa shape index (κ2) is 7.14. The van der Waals surface area contributed by atoms with Gasteiger partial charge in [0, 0.05) is 17.3 Å². The highest BCUT2D eigenvalue weighted by atomic mass is 19.4. The predicted octanol–water partition coefficient (Wildman–Crippen LogP) is 5.87. The summed E-state index contributed by atoms with van der Waals surface area (Å²) in [6.45, 7) is 1.79. The maximum absolute atomic E-state index is 13.8. The lowest BCUT2D eigenvalue weighted by Gasteiger charge is -2.49. The topological polar surface area (TPSA) is 53.1 Å². The minimum atomic E-state index is -5.93. The molecule has 1 aliphatic rings. The SMILES string of the molecule is C/C=C1\[C@H](C)C(C(F)(F)F)(C(F)(F)F)C(C#N)=C(N)N1c1ccc(C(F)(F)F)cc1. The summed E-state index contributed by atoms with van der Waals surface area (Å²) in [5.74, 6) is -3.52. The van der Waals surface area contributed by atoms with Gasteiger partial charge in [-0.15, -0.1) is 0 Å². The maximum Gasteiger partial charge on any atom is 0.416 e. The molecule has 0 aromatic heterocycles. The Morgan fingerprint density at radius 2 is 1.47 bits per heavy atom. The fourth-order valence-electron chi connectivity index (χ4n) is 3.63. The molecule has 30 heavy (non-hydrogen) atoms. The first-order valence-corrected chi connectivity index (χ1v) is 8.23. The van der Waals surface area contributed by atoms with Crippen LogP contribution in [0.4, 0.5) is 45.2 Å². The molecule has 3 nitrogen and oxygen atoms in total. The van der Waals surface area contributed by atoms with E-state index in [0.717, 1.165) is 36.1 Å². The number of nitriles is 1. The van der Waals surface area contributed by atoms with Crippen LogP contribution in [0.25, 0.3) is 0 Å². The third kappa shape index (κ3) is 3.26. The van der Waals surface area contributed by atoms with Crippen molar-refractivity contribution < 1.29 is 39.5 Å². The number of nitrogens with two attached hydrogens (primary N) is 1. The Labute approximate surface area is 164 Å². The van der Waals surface area contributed by atoms with Gasteiger partial charge in [0.25, 0.3) is 0 Å². The van der Waals surface area contributed by atoms with Crippen LogP contribution < -0.4 is 10.6 Å². The molecule has 0 fully saturated rings. The van der Waals surface area contributed by atoms with Crippen LogP contribution in [0, 0.1) is 22.7 Å². The molecule has 2 rings (SSSR count). The summed E-state index contributed by atoms with van der Waals surface area (Å²) >= 11 is 0. The smallest absolute Gasteiger partial charge is 0.384 e. The number of halogens is 9. The molecule has 1 aromatic rings. The summed E-state index contributed by atoms with van der Waals surface area (Å²) < 4.78 is 121. The van der Waals surface area contributed by atoms with E-state index in [-0.39, 0.29) is 5.69 Å². The van der Waals surface area contributed by atoms with Gasteiger partial charge in [-0.05, 0) is 31.2 Å². The summed E-state index contributed by atoms with van der Waals surface area (Å²) in [5, 5.41) is 9.23. The summed E-state index contributed by atoms with van der Waals surface area (Å²) in [4.78, 5) is 0.721. The molecule has 1 heterocycles. The van der Waals surface area contributed by atoms with Gasteiger partial charge in [0.15, 0.2) is 0 Å². The molecule has 0 aliphatic carbocycles. The molecule has 1 aliphatic heterocycles. The summed E-state index contributed by atoms with van der Waals surface area (Å²) in [5.41, 5.74) is -2.63. The average Bonchev–Trinajstić information content (AvgIpc) is 2.59. The second-order valence-electron chi connectivity index (χ2n) is 6.49. The van der Waals surface area contributed by atoms with Crippen LogP contribution >= 0.6 is 0 Å². The molecule has 0 amide bonds. The van der Waals surface area contributed by atoms with Gasteiger partial charge in [-0.3, -0.25) is 0 Å². The van der Waals surface area contributed by atoms with Gasteiger partial charge in [0.05, 0.1) is 17.2 Å². The molecule has 0 spiro atoms. The lowest BCUT2D eigenvalue weighted by molar-refractivity contribution is -0.337. The van der Waals surface area contributed by atoms with Crippen LogP contribution in [0.1, 0.15) is 19.4 Å². The summed E-state index contributed by atoms with van der Waals surface area (Å²) in [6.07, 6.45) is -15.6. The van der Waals surface area contributed by atoms with Crippen molar-refractivity contribution in [2.75, 3.05) is 4.90 Å². The molecule has 1 aromatic carbocycles. The Kier molecular flexibility index (Phi) is 5.58. The molecule has 0 bridgehead atoms. The number of alkyl halides is 9. The quantitative estimate of drug-likeness (QED) is 0.553. The predicted molar refractivity (Wildman–Crippen MR) is 88.2 cm³/mol. The van der Waals surface area contributed by atoms with Gasteiger partial charge in [0.2, 0.25) is 5.41 Å². The highest BCUT2D eigenvalue weighted by Crippen LogP contribution is 2.63. The number of rotatable bonds is 1. The standard InChI is InChI=1S/C18H14F9N3/c1-3-13-9(2)15(17(22,23)24,18(25,26)27)12(8-28)14(29)30(13)11-6-4-10(5-7-11)16(19,20)21/h3-7,9H,29H2,1-2H3/b13-3+/t9-/m0/s1. The molecule has 0 radical (unpaired) electrons. The molecule has 12 heteroatoms. The number of allylic oxidation sites excluding steroid dienone is 3. The largest absolute Gasteiger partial charge is 0.416 e. The molecule has 2 N–H and O–H groups in total. The van der Waals surface area contributed by atoms with E-state index in [1.54, 1.807) is 0 Å². The van der Waals surface area contributed by atoms with Crippen molar-refractivity contribution in [3.8, 4) is 6.07 Å². The van der Waals surface area contributed by atoms with Gasteiger partial charge in [0.1, 0.15) is 5.82 Å². The lowest BCUT2D eigenvalue weighted by atomic mass is 9.65. The van der Waals surface area contributed by atoms with E-state index in [1.165, 1.54) is 0 Å². The van der Waals surface area contributed by atoms with Crippen LogP contribution in [0.5, 0.6) is 0 Å². The molecule has 1 atom stereocenters. The Bertz CT molecular complexity index is 899. The van der Waals surface area contributed by atoms with Gasteiger partial charge in [-0.2, -0.15) is 44.8 Å². The first-order valence-electron chi connectivity index (χ1n) is 8.23. The van der Waals surface area contributed by atoms with Gasteiger partial charge >= 0.3 is 18.5 Å². The second-order valence-corrected chi connectivity index (χ2v) is 6.49. The fraction of sp³-hybridized carbons (Fsp3) is 0.389. The van der Waals surface area contributed by atoms with E-state index in [4.69, 9.17) is 5.73 Å². The van der Waals surface area contributed by atoms with Crippen LogP contribution in [0.3, 0.4) is 0 Å². The number of hydrogen-bond acceptors (Lipinski definition) is 3. The highest BCUT2D eigenvalue weighted by molar-refractivity contribution is 5.64. The Morgan fingerprint density at radius 3 is 1.80 bits per heavy atom. The van der Waals surface area contributed by atoms with Crippen molar-refractivity contribution >= 4 is 5.69 Å². The first kappa shape index (κ1) is 23.4. The van der Waals surface area contributed by atoms with E-state index in [2.05, 4.69) is 0 Å². The zero-order valence-corrected chi connectivity index (χ0v) is 15.3. The van der Waals surface area contributed by atoms with Crippen molar-refractivity contribution in [1.82, 2.24) is 0 Å². The minimum Gasteiger partial charge on any atom is -0.384 e. The highest BCUT2D eigenvalue weighted by Gasteiger charge is 2.77. The summed E-state index contributed by atoms with van der Waals surface area (Å²) in [6, 6.07) is 3.82. The van der Waals surface area contributed by atoms with Crippen molar-refractivity contribution in [3.05, 3.63) is 53.0 Å². The van der Waals surface area contributed by atoms with Gasteiger partial charge in [-0.25, -0.2) is 0 Å². The molecule has 164 valence electrons. The van der Waals surface area contributed by atoms with Crippen LogP contribution in [0.15, 0.2) is 47.4 Å². The Hall–Kier alpha value is -2.84. The molecule has 0 unspecified atom stereocenters. The number of anilines is 1. The van der Waals surface area contributed by atoms with E-state index in [9.17, 15) is 44.8 Å². The molecule has 0 saturated heterocycles. The summed E-state index contributed by atoms with van der Waals surface area (Å²) in [7, 11) is 0. The Morgan fingerprint density at radius 1 is 1.00 bits per heavy atom. The molecule has 0 saturated carbocycles. The number of benzene rings is 1. The van der Waals surface area contributed by atoms with E-state index < -0.39 is 52.5 Å². The van der Waals surface area contributed by atoms with Crippen LogP contribution in [-0.2, 0) is 6.18 Å². The van der Waals surface area contributed by atoms with Gasteiger partial charge in [-0.1, -0.05) is 13.0 Å². The number of nitrogens with zero attached hydrogens (tertiary/aromatic N) is 2. The van der Waals surface area contributed by atoms with E-state index in [0.29, 0.717) is 19.1 Å². The van der Waals surface area contributed by atoms with Crippen molar-refractivity contribution in [1.29, 1.82) is 5.26 Å². The monoisotopic (exact) mass is 443 g/mol. The van der Waals surface area contributed by atoms with E-state index in [1.807, 2.05) is 0 Å². The van der Waals surface area contributed by atoms with Crippen molar-refractivity contribution in [2.24, 2.45) is 17.1 Å².